The molecule has 2 aromatic rings. The second-order valence-electron chi connectivity index (χ2n) is 30.7. The van der Waals surface area contributed by atoms with E-state index in [1.165, 1.54) is 0 Å². The van der Waals surface area contributed by atoms with Crippen LogP contribution in [0.15, 0.2) is 111 Å². The lowest BCUT2D eigenvalue weighted by Gasteiger charge is -2.48. The van der Waals surface area contributed by atoms with Gasteiger partial charge in [-0.3, -0.25) is 0 Å². The summed E-state index contributed by atoms with van der Waals surface area (Å²) in [7, 11) is -15.7. The molecule has 8 aliphatic rings. The van der Waals surface area contributed by atoms with Gasteiger partial charge in [0, 0.05) is 0 Å². The highest BCUT2D eigenvalue weighted by molar-refractivity contribution is 7.22. The molecule has 0 saturated carbocycles. The Morgan fingerprint density at radius 1 is 0.253 bits per heavy atom. The summed E-state index contributed by atoms with van der Waals surface area (Å²) in [5.41, 5.74) is 20.4. The van der Waals surface area contributed by atoms with Crippen LogP contribution < -0.4 is 0 Å². The fraction of sp³-hybridized carbons (Fsp3) is 0.594. The average Bonchev–Trinajstić information content (AvgIpc) is 4.14. The zero-order valence-corrected chi connectivity index (χ0v) is 59.0. The van der Waals surface area contributed by atoms with Crippen molar-refractivity contribution >= 4 is 70.7 Å². The molecule has 75 heavy (non-hydrogen) atoms. The van der Waals surface area contributed by atoms with Gasteiger partial charge in [-0.25, -0.2) is 0 Å². The van der Waals surface area contributed by atoms with Crippen LogP contribution in [0.1, 0.15) is 216 Å². The lowest BCUT2D eigenvalue weighted by atomic mass is 9.83. The van der Waals surface area contributed by atoms with E-state index in [1.807, 2.05) is 26.4 Å². The van der Waals surface area contributed by atoms with E-state index in [0.717, 1.165) is 0 Å². The molecule has 10 rings (SSSR count). The zero-order chi connectivity index (χ0) is 55.6. The van der Waals surface area contributed by atoms with Crippen LogP contribution in [-0.4, -0.2) is 48.4 Å². The predicted octanol–water partition coefficient (Wildman–Crippen LogP) is 21.8. The summed E-state index contributed by atoms with van der Waals surface area (Å²) >= 11 is 0. The van der Waals surface area contributed by atoms with Gasteiger partial charge in [0.05, 0.1) is 0 Å². The van der Waals surface area contributed by atoms with Gasteiger partial charge in [-0.05, 0) is 144 Å². The van der Waals surface area contributed by atoms with Gasteiger partial charge in [-0.2, -0.15) is 0 Å². The van der Waals surface area contributed by atoms with Gasteiger partial charge in [0.2, 0.25) is 0 Å². The third kappa shape index (κ3) is 5.76. The molecule has 0 bridgehead atoms. The van der Waals surface area contributed by atoms with Crippen LogP contribution in [0.25, 0.3) is 22.3 Å². The molecule has 6 heterocycles. The first kappa shape index (κ1) is 56.0. The van der Waals surface area contributed by atoms with Gasteiger partial charge in [0.15, 0.2) is 0 Å². The highest BCUT2D eigenvalue weighted by Crippen LogP contribution is 2.82. The minimum absolute atomic E-state index is 0.0324. The molecular formula is C69H104Si6. The van der Waals surface area contributed by atoms with Crippen molar-refractivity contribution in [2.75, 3.05) is 0 Å². The van der Waals surface area contributed by atoms with Gasteiger partial charge in [0.1, 0.15) is 48.4 Å². The molecule has 0 radical (unpaired) electrons. The van der Waals surface area contributed by atoms with Gasteiger partial charge >= 0.3 is 0 Å². The zero-order valence-electron chi connectivity index (χ0n) is 53.0. The van der Waals surface area contributed by atoms with E-state index in [4.69, 9.17) is 0 Å². The highest BCUT2D eigenvalue weighted by atomic mass is 28.4. The molecule has 0 saturated heterocycles. The fourth-order valence-corrected chi connectivity index (χ4v) is 71.9. The largest absolute Gasteiger partial charge is 0.124 e. The molecule has 0 N–H and O–H groups in total. The Hall–Kier alpha value is -2.34. The first-order valence-corrected chi connectivity index (χ1v) is 43.9. The van der Waals surface area contributed by atoms with E-state index < -0.39 is 48.4 Å². The van der Waals surface area contributed by atoms with Crippen LogP contribution in [0.4, 0.5) is 0 Å². The maximum absolute atomic E-state index is 2.83. The molecule has 404 valence electrons. The van der Waals surface area contributed by atoms with Crippen LogP contribution in [0.2, 0.25) is 66.5 Å². The molecule has 0 aromatic heterocycles. The summed E-state index contributed by atoms with van der Waals surface area (Å²) in [5.74, 6) is 0. The van der Waals surface area contributed by atoms with E-state index in [2.05, 4.69) is 284 Å². The van der Waals surface area contributed by atoms with Crippen LogP contribution >= 0.6 is 0 Å². The summed E-state index contributed by atoms with van der Waals surface area (Å²) in [6, 6.07) is 19.9. The Morgan fingerprint density at radius 3 is 0.733 bits per heavy atom. The second-order valence-corrected chi connectivity index (χ2v) is 60.9. The van der Waals surface area contributed by atoms with E-state index in [9.17, 15) is 0 Å². The Bertz CT molecular complexity index is 3070. The number of fused-ring (bicyclic) bond motifs is 11. The van der Waals surface area contributed by atoms with Crippen molar-refractivity contribution < 1.29 is 0 Å². The summed E-state index contributed by atoms with van der Waals surface area (Å²) in [6.07, 6.45) is 0. The fourth-order valence-electron chi connectivity index (χ4n) is 22.1. The Balaban J connectivity index is 1.61. The SMILES string of the molecule is CC1=C2C(=C3C(=C4C(=C5C(=C6C(=C7C(=C8C(=C(C(C)(C)C)c9ccccc98)[Si]7(C(C)C)C(C)C)[Si]6(C(C)C)C(C)C)[Si]5(C(C)C)C(C)C)[Si]4(C(C)C)C(C)C)[Si]3(C(C)C)C(C)C)[Si]2(C(C)C)C(C)C)c2ccccc21. The molecule has 0 fully saturated rings. The first-order valence-electron chi connectivity index (χ1n) is 31.0. The van der Waals surface area contributed by atoms with Crippen LogP contribution in [-0.2, 0) is 0 Å². The molecule has 0 amide bonds. The summed E-state index contributed by atoms with van der Waals surface area (Å²) in [4.78, 5) is 0. The maximum Gasteiger partial charge on any atom is 0.124 e. The lowest BCUT2D eigenvalue weighted by molar-refractivity contribution is 0.567. The highest BCUT2D eigenvalue weighted by Gasteiger charge is 2.80. The van der Waals surface area contributed by atoms with Crippen LogP contribution in [0.5, 0.6) is 0 Å². The second kappa shape index (κ2) is 17.3. The molecule has 6 heteroatoms. The normalized spacial score (nSPS) is 23.3. The minimum atomic E-state index is -2.70. The predicted molar refractivity (Wildman–Crippen MR) is 349 cm³/mol. The van der Waals surface area contributed by atoms with E-state index >= 15 is 0 Å². The van der Waals surface area contributed by atoms with Gasteiger partial charge in [-0.1, -0.05) is 277 Å². The first-order chi connectivity index (χ1) is 34.8. The molecule has 2 aromatic carbocycles. The molecule has 0 nitrogen and oxygen atoms in total. The van der Waals surface area contributed by atoms with E-state index in [0.29, 0.717) is 66.5 Å². The molecule has 6 aliphatic heterocycles. The summed E-state index contributed by atoms with van der Waals surface area (Å²) in [5, 5.41) is 24.9. The Labute approximate surface area is 466 Å². The van der Waals surface area contributed by atoms with Crippen molar-refractivity contribution in [3.05, 3.63) is 133 Å². The summed E-state index contributed by atoms with van der Waals surface area (Å²) < 4.78 is 0. The number of hydrogen-bond donors (Lipinski definition) is 0. The smallest absolute Gasteiger partial charge is 0.0645 e. The summed E-state index contributed by atoms with van der Waals surface area (Å²) in [6.45, 7) is 77.2. The Kier molecular flexibility index (Phi) is 12.9. The van der Waals surface area contributed by atoms with Crippen molar-refractivity contribution in [1.82, 2.24) is 0 Å². The molecular weight excluding hydrogens is 997 g/mol. The molecule has 0 spiro atoms. The van der Waals surface area contributed by atoms with Crippen molar-refractivity contribution in [2.24, 2.45) is 5.41 Å². The van der Waals surface area contributed by atoms with Crippen molar-refractivity contribution in [1.29, 1.82) is 0 Å². The third-order valence-corrected chi connectivity index (χ3v) is 63.7. The number of hydrogen-bond acceptors (Lipinski definition) is 0. The lowest BCUT2D eigenvalue weighted by Crippen LogP contribution is -2.52. The van der Waals surface area contributed by atoms with Gasteiger partial charge < -0.3 is 0 Å². The maximum atomic E-state index is 2.83. The molecule has 0 atom stereocenters. The monoisotopic (exact) mass is 1100 g/mol. The standard InChI is InChI=1S/C69H104Si6/c1-37(2)70(38(3)4)57-49(25)50-33-29-30-34-51(50)54(57)59-61(70)63-65(72(59,41(9)10)42(11)12)67-68(74(63,45(17)18)46(19)20)66-64(75(67,47(21)22)48(23)24)62-60(73(66,43(13)14)44(15)16)55-52-35-31-32-36-53(52)56(69(26,27)28)58(55)71(62,39(5)6)40(7)8/h29-48H,1-28H3. The van der Waals surface area contributed by atoms with Gasteiger partial charge in [-0.15, -0.1) is 0 Å². The Morgan fingerprint density at radius 2 is 0.453 bits per heavy atom. The number of allylic oxidation sites excluding steroid dienone is 16. The topological polar surface area (TPSA) is 0 Å². The molecule has 0 unspecified atom stereocenters. The van der Waals surface area contributed by atoms with Crippen molar-refractivity contribution in [3.8, 4) is 0 Å². The van der Waals surface area contributed by atoms with E-state index in [1.54, 1.807) is 39.0 Å². The van der Waals surface area contributed by atoms with E-state index in [-0.39, 0.29) is 5.41 Å². The minimum Gasteiger partial charge on any atom is -0.0645 e. The van der Waals surface area contributed by atoms with Crippen LogP contribution in [0, 0.1) is 5.41 Å². The third-order valence-electron chi connectivity index (χ3n) is 23.6. The van der Waals surface area contributed by atoms with Gasteiger partial charge in [0.25, 0.3) is 0 Å². The quantitative estimate of drug-likeness (QED) is 0.186. The van der Waals surface area contributed by atoms with Crippen molar-refractivity contribution in [2.45, 2.75) is 260 Å². The van der Waals surface area contributed by atoms with Crippen molar-refractivity contribution in [3.63, 3.8) is 0 Å². The average molecular weight is 1100 g/mol. The molecule has 2 aliphatic carbocycles. The van der Waals surface area contributed by atoms with Crippen LogP contribution in [0.3, 0.4) is 0 Å². The number of rotatable bonds is 12. The number of benzene rings is 2.